The van der Waals surface area contributed by atoms with Crippen molar-refractivity contribution in [1.29, 1.82) is 5.26 Å². The van der Waals surface area contributed by atoms with E-state index in [1.165, 1.54) is 11.3 Å². The molecule has 1 N–H and O–H groups in total. The van der Waals surface area contributed by atoms with E-state index in [1.807, 2.05) is 19.9 Å². The quantitative estimate of drug-likeness (QED) is 0.831. The van der Waals surface area contributed by atoms with Gasteiger partial charge < -0.3 is 5.11 Å². The van der Waals surface area contributed by atoms with Crippen molar-refractivity contribution in [1.82, 2.24) is 0 Å². The summed E-state index contributed by atoms with van der Waals surface area (Å²) in [5, 5.41) is 17.6. The molecule has 0 saturated heterocycles. The van der Waals surface area contributed by atoms with E-state index in [4.69, 9.17) is 10.4 Å². The largest absolute Gasteiger partial charge is 0.481 e. The molecule has 1 heterocycles. The summed E-state index contributed by atoms with van der Waals surface area (Å²) in [6.07, 6.45) is 0. The number of hydrogen-bond donors (Lipinski definition) is 1. The molecule has 0 saturated carbocycles. The van der Waals surface area contributed by atoms with Crippen molar-refractivity contribution in [2.24, 2.45) is 5.92 Å². The zero-order chi connectivity index (χ0) is 10.7. The summed E-state index contributed by atoms with van der Waals surface area (Å²) in [7, 11) is 0. The zero-order valence-electron chi connectivity index (χ0n) is 8.02. The molecule has 0 bridgehead atoms. The maximum Gasteiger partial charge on any atom is 0.312 e. The van der Waals surface area contributed by atoms with Crippen LogP contribution in [0.15, 0.2) is 12.1 Å². The van der Waals surface area contributed by atoms with Gasteiger partial charge in [-0.1, -0.05) is 13.8 Å². The smallest absolute Gasteiger partial charge is 0.312 e. The number of carbonyl (C=O) groups is 1. The van der Waals surface area contributed by atoms with E-state index in [2.05, 4.69) is 0 Å². The summed E-state index contributed by atoms with van der Waals surface area (Å²) in [4.78, 5) is 12.3. The molecular weight excluding hydrogens is 198 g/mol. The van der Waals surface area contributed by atoms with Crippen LogP contribution in [0.2, 0.25) is 0 Å². The Morgan fingerprint density at radius 1 is 1.57 bits per heavy atom. The van der Waals surface area contributed by atoms with Crippen molar-refractivity contribution >= 4 is 17.3 Å². The summed E-state index contributed by atoms with van der Waals surface area (Å²) in [5.41, 5.74) is 0. The average Bonchev–Trinajstić information content (AvgIpc) is 2.51. The van der Waals surface area contributed by atoms with Gasteiger partial charge in [0, 0.05) is 4.88 Å². The lowest BCUT2D eigenvalue weighted by Gasteiger charge is -2.13. The molecule has 0 aromatic carbocycles. The minimum Gasteiger partial charge on any atom is -0.481 e. The van der Waals surface area contributed by atoms with Crippen LogP contribution in [0.3, 0.4) is 0 Å². The molecule has 1 aromatic rings. The second-order valence-corrected chi connectivity index (χ2v) is 4.49. The lowest BCUT2D eigenvalue weighted by molar-refractivity contribution is -0.139. The van der Waals surface area contributed by atoms with Gasteiger partial charge >= 0.3 is 5.97 Å². The van der Waals surface area contributed by atoms with Crippen LogP contribution >= 0.6 is 11.3 Å². The van der Waals surface area contributed by atoms with Gasteiger partial charge in [-0.2, -0.15) is 5.26 Å². The fourth-order valence-electron chi connectivity index (χ4n) is 1.32. The standard InChI is InChI=1S/C10H11NO2S/c1-6(2)9(10(12)13)8-4-3-7(5-11)14-8/h3-4,6,9H,1-2H3,(H,12,13). The number of carboxylic acids is 1. The van der Waals surface area contributed by atoms with Gasteiger partial charge in [0.1, 0.15) is 10.9 Å². The Labute approximate surface area is 86.6 Å². The van der Waals surface area contributed by atoms with Crippen molar-refractivity contribution < 1.29 is 9.90 Å². The van der Waals surface area contributed by atoms with Crippen LogP contribution in [0.1, 0.15) is 29.5 Å². The summed E-state index contributed by atoms with van der Waals surface area (Å²) in [6.45, 7) is 3.73. The number of rotatable bonds is 3. The first kappa shape index (κ1) is 10.7. The molecule has 4 heteroatoms. The van der Waals surface area contributed by atoms with E-state index >= 15 is 0 Å². The van der Waals surface area contributed by atoms with E-state index < -0.39 is 11.9 Å². The molecule has 0 amide bonds. The van der Waals surface area contributed by atoms with Gasteiger partial charge in [-0.05, 0) is 18.1 Å². The summed E-state index contributed by atoms with van der Waals surface area (Å²) < 4.78 is 0. The molecule has 0 aliphatic rings. The highest BCUT2D eigenvalue weighted by atomic mass is 32.1. The van der Waals surface area contributed by atoms with Crippen LogP contribution in [0.25, 0.3) is 0 Å². The minimum atomic E-state index is -0.827. The van der Waals surface area contributed by atoms with E-state index in [0.717, 1.165) is 4.88 Å². The molecule has 74 valence electrons. The van der Waals surface area contributed by atoms with E-state index in [9.17, 15) is 4.79 Å². The molecule has 1 unspecified atom stereocenters. The molecule has 1 atom stereocenters. The van der Waals surface area contributed by atoms with Gasteiger partial charge in [0.2, 0.25) is 0 Å². The monoisotopic (exact) mass is 209 g/mol. The van der Waals surface area contributed by atoms with Gasteiger partial charge in [-0.25, -0.2) is 0 Å². The van der Waals surface area contributed by atoms with Gasteiger partial charge in [0.05, 0.1) is 5.92 Å². The minimum absolute atomic E-state index is 0.0395. The first-order chi connectivity index (χ1) is 6.56. The van der Waals surface area contributed by atoms with Crippen LogP contribution in [-0.2, 0) is 4.79 Å². The number of hydrogen-bond acceptors (Lipinski definition) is 3. The van der Waals surface area contributed by atoms with Gasteiger partial charge in [0.25, 0.3) is 0 Å². The lowest BCUT2D eigenvalue weighted by Crippen LogP contribution is -2.16. The van der Waals surface area contributed by atoms with Crippen molar-refractivity contribution in [2.45, 2.75) is 19.8 Å². The van der Waals surface area contributed by atoms with Crippen LogP contribution in [0.4, 0.5) is 0 Å². The summed E-state index contributed by atoms with van der Waals surface area (Å²) in [6, 6.07) is 5.39. The van der Waals surface area contributed by atoms with Crippen molar-refractivity contribution in [3.63, 3.8) is 0 Å². The van der Waals surface area contributed by atoms with Crippen molar-refractivity contribution in [2.75, 3.05) is 0 Å². The van der Waals surface area contributed by atoms with Crippen LogP contribution in [-0.4, -0.2) is 11.1 Å². The Kier molecular flexibility index (Phi) is 3.26. The first-order valence-electron chi connectivity index (χ1n) is 4.29. The topological polar surface area (TPSA) is 61.1 Å². The number of thiophene rings is 1. The van der Waals surface area contributed by atoms with Gasteiger partial charge in [-0.15, -0.1) is 11.3 Å². The number of nitriles is 1. The summed E-state index contributed by atoms with van der Waals surface area (Å²) >= 11 is 1.26. The Balaban J connectivity index is 3.01. The molecule has 3 nitrogen and oxygen atoms in total. The third kappa shape index (κ3) is 2.12. The number of aliphatic carboxylic acids is 1. The van der Waals surface area contributed by atoms with Crippen LogP contribution < -0.4 is 0 Å². The molecule has 0 aliphatic heterocycles. The van der Waals surface area contributed by atoms with Crippen LogP contribution in [0.5, 0.6) is 0 Å². The Bertz CT molecular complexity index is 376. The molecule has 0 radical (unpaired) electrons. The highest BCUT2D eigenvalue weighted by molar-refractivity contribution is 7.12. The normalized spacial score (nSPS) is 12.4. The third-order valence-electron chi connectivity index (χ3n) is 1.98. The van der Waals surface area contributed by atoms with Crippen molar-refractivity contribution in [3.05, 3.63) is 21.9 Å². The predicted molar refractivity (Wildman–Crippen MR) is 54.2 cm³/mol. The van der Waals surface area contributed by atoms with Gasteiger partial charge in [-0.3, -0.25) is 4.79 Å². The Morgan fingerprint density at radius 3 is 2.57 bits per heavy atom. The molecular formula is C10H11NO2S. The fraction of sp³-hybridized carbons (Fsp3) is 0.400. The average molecular weight is 209 g/mol. The maximum atomic E-state index is 11.0. The zero-order valence-corrected chi connectivity index (χ0v) is 8.84. The lowest BCUT2D eigenvalue weighted by atomic mass is 9.94. The Hall–Kier alpha value is -1.34. The Morgan fingerprint density at radius 2 is 2.21 bits per heavy atom. The number of nitrogens with zero attached hydrogens (tertiary/aromatic N) is 1. The molecule has 14 heavy (non-hydrogen) atoms. The SMILES string of the molecule is CC(C)C(C(=O)O)c1ccc(C#N)s1. The van der Waals surface area contributed by atoms with E-state index in [-0.39, 0.29) is 5.92 Å². The third-order valence-corrected chi connectivity index (χ3v) is 3.05. The molecule has 1 rings (SSSR count). The maximum absolute atomic E-state index is 11.0. The van der Waals surface area contributed by atoms with Crippen molar-refractivity contribution in [3.8, 4) is 6.07 Å². The summed E-state index contributed by atoms with van der Waals surface area (Å²) in [5.74, 6) is -1.29. The van der Waals surface area contributed by atoms with Crippen LogP contribution in [0, 0.1) is 17.2 Å². The number of carboxylic acid groups (broad SMARTS) is 1. The predicted octanol–water partition coefficient (Wildman–Crippen LogP) is 2.44. The highest BCUT2D eigenvalue weighted by Crippen LogP contribution is 2.30. The fourth-order valence-corrected chi connectivity index (χ4v) is 2.39. The highest BCUT2D eigenvalue weighted by Gasteiger charge is 2.24. The molecule has 0 aliphatic carbocycles. The second-order valence-electron chi connectivity index (χ2n) is 3.37. The molecule has 1 aromatic heterocycles. The van der Waals surface area contributed by atoms with E-state index in [1.54, 1.807) is 12.1 Å². The van der Waals surface area contributed by atoms with E-state index in [0.29, 0.717) is 4.88 Å². The van der Waals surface area contributed by atoms with Gasteiger partial charge in [0.15, 0.2) is 0 Å². The first-order valence-corrected chi connectivity index (χ1v) is 5.10. The molecule has 0 fully saturated rings. The second kappa shape index (κ2) is 4.25. The molecule has 0 spiro atoms.